The molecule has 2 nitrogen and oxygen atoms in total. The van der Waals surface area contributed by atoms with E-state index in [1.165, 1.54) is 11.1 Å². The summed E-state index contributed by atoms with van der Waals surface area (Å²) in [6.45, 7) is 4.17. The van der Waals surface area contributed by atoms with Gasteiger partial charge in [0.15, 0.2) is 0 Å². The van der Waals surface area contributed by atoms with Crippen molar-refractivity contribution in [1.29, 1.82) is 0 Å². The van der Waals surface area contributed by atoms with Gasteiger partial charge in [-0.15, -0.1) is 0 Å². The minimum Gasteiger partial charge on any atom is -0.229 e. The molecule has 0 bridgehead atoms. The van der Waals surface area contributed by atoms with Crippen LogP contribution in [-0.4, -0.2) is 19.9 Å². The van der Waals surface area contributed by atoms with E-state index in [9.17, 15) is 8.42 Å². The van der Waals surface area contributed by atoms with Crippen molar-refractivity contribution in [1.82, 2.24) is 0 Å². The second-order valence-electron chi connectivity index (χ2n) is 6.72. The molecule has 2 aromatic rings. The van der Waals surface area contributed by atoms with Gasteiger partial charge in [0.1, 0.15) is 9.84 Å². The standard InChI is InChI=1S/C14H12.C10H22O2S/c1-3-7-13(8-4-1)11-12-14-9-5-2-6-10-14;1-3-5-7-9-13(11,12)10-8-6-4-2/h1-12H;3-10H2,1-2H3/b12-11+;. The van der Waals surface area contributed by atoms with Crippen LogP contribution in [0, 0.1) is 0 Å². The van der Waals surface area contributed by atoms with Crippen LogP contribution in [0.2, 0.25) is 0 Å². The first kappa shape index (κ1) is 23.2. The first-order valence-electron chi connectivity index (χ1n) is 10.1. The van der Waals surface area contributed by atoms with Gasteiger partial charge < -0.3 is 0 Å². The molecule has 0 heterocycles. The summed E-state index contributed by atoms with van der Waals surface area (Å²) in [5.74, 6) is 0.787. The van der Waals surface area contributed by atoms with Crippen LogP contribution >= 0.6 is 0 Å². The lowest BCUT2D eigenvalue weighted by Crippen LogP contribution is -2.10. The Kier molecular flexibility index (Phi) is 12.2. The van der Waals surface area contributed by atoms with Gasteiger partial charge in [-0.05, 0) is 24.0 Å². The molecule has 0 aliphatic heterocycles. The van der Waals surface area contributed by atoms with Crippen molar-refractivity contribution in [2.75, 3.05) is 11.5 Å². The molecular weight excluding hydrogens is 352 g/mol. The van der Waals surface area contributed by atoms with Crippen LogP contribution in [0.4, 0.5) is 0 Å². The Morgan fingerprint density at radius 2 is 1.00 bits per heavy atom. The normalized spacial score (nSPS) is 11.2. The highest BCUT2D eigenvalue weighted by atomic mass is 32.2. The van der Waals surface area contributed by atoms with Gasteiger partial charge in [0, 0.05) is 0 Å². The molecule has 0 aromatic heterocycles. The van der Waals surface area contributed by atoms with Gasteiger partial charge in [-0.3, -0.25) is 0 Å². The van der Waals surface area contributed by atoms with E-state index in [2.05, 4.69) is 50.3 Å². The molecule has 0 fully saturated rings. The molecule has 148 valence electrons. The summed E-state index contributed by atoms with van der Waals surface area (Å²) in [5, 5.41) is 0. The molecule has 0 spiro atoms. The zero-order valence-corrected chi connectivity index (χ0v) is 17.6. The molecule has 0 N–H and O–H groups in total. The minimum atomic E-state index is -2.73. The molecule has 0 saturated heterocycles. The number of hydrogen-bond donors (Lipinski definition) is 0. The third-order valence-electron chi connectivity index (χ3n) is 4.19. The lowest BCUT2D eigenvalue weighted by molar-refractivity contribution is 0.586. The molecule has 0 unspecified atom stereocenters. The van der Waals surface area contributed by atoms with Gasteiger partial charge in [-0.25, -0.2) is 8.42 Å². The van der Waals surface area contributed by atoms with Crippen LogP contribution in [0.3, 0.4) is 0 Å². The monoisotopic (exact) mass is 386 g/mol. The van der Waals surface area contributed by atoms with Crippen molar-refractivity contribution in [3.05, 3.63) is 71.8 Å². The molecule has 2 rings (SSSR count). The number of rotatable bonds is 10. The largest absolute Gasteiger partial charge is 0.229 e. The molecule has 2 aromatic carbocycles. The fourth-order valence-corrected chi connectivity index (χ4v) is 4.06. The fourth-order valence-electron chi connectivity index (χ4n) is 2.57. The molecule has 0 aliphatic rings. The zero-order valence-electron chi connectivity index (χ0n) is 16.8. The molecular formula is C24H34O2S. The van der Waals surface area contributed by atoms with Crippen molar-refractivity contribution in [2.24, 2.45) is 0 Å². The van der Waals surface area contributed by atoms with Crippen LogP contribution in [0.1, 0.15) is 63.5 Å². The van der Waals surface area contributed by atoms with Crippen LogP contribution < -0.4 is 0 Å². The molecule has 0 aliphatic carbocycles. The highest BCUT2D eigenvalue weighted by molar-refractivity contribution is 7.91. The summed E-state index contributed by atoms with van der Waals surface area (Å²) in [5.41, 5.74) is 2.47. The predicted molar refractivity (Wildman–Crippen MR) is 120 cm³/mol. The number of unbranched alkanes of at least 4 members (excludes halogenated alkanes) is 4. The van der Waals surface area contributed by atoms with Crippen molar-refractivity contribution in [2.45, 2.75) is 52.4 Å². The van der Waals surface area contributed by atoms with Crippen molar-refractivity contribution in [3.63, 3.8) is 0 Å². The third-order valence-corrected chi connectivity index (χ3v) is 6.01. The average molecular weight is 387 g/mol. The number of sulfone groups is 1. The Labute approximate surface area is 166 Å². The molecule has 0 atom stereocenters. The smallest absolute Gasteiger partial charge is 0.150 e. The SMILES string of the molecule is C(=C\c1ccccc1)/c1ccccc1.CCCCCS(=O)(=O)CCCCC. The Morgan fingerprint density at radius 1 is 0.630 bits per heavy atom. The van der Waals surface area contributed by atoms with Crippen LogP contribution in [0.15, 0.2) is 60.7 Å². The van der Waals surface area contributed by atoms with E-state index in [-0.39, 0.29) is 0 Å². The van der Waals surface area contributed by atoms with E-state index in [1.807, 2.05) is 36.4 Å². The van der Waals surface area contributed by atoms with Crippen LogP contribution in [-0.2, 0) is 9.84 Å². The van der Waals surface area contributed by atoms with E-state index in [1.54, 1.807) is 0 Å². The Bertz CT molecular complexity index is 662. The van der Waals surface area contributed by atoms with E-state index in [0.29, 0.717) is 11.5 Å². The van der Waals surface area contributed by atoms with Gasteiger partial charge in [-0.2, -0.15) is 0 Å². The van der Waals surface area contributed by atoms with Gasteiger partial charge >= 0.3 is 0 Å². The highest BCUT2D eigenvalue weighted by Crippen LogP contribution is 2.07. The van der Waals surface area contributed by atoms with E-state index in [4.69, 9.17) is 0 Å². The first-order valence-corrected chi connectivity index (χ1v) is 11.9. The van der Waals surface area contributed by atoms with E-state index in [0.717, 1.165) is 38.5 Å². The van der Waals surface area contributed by atoms with E-state index >= 15 is 0 Å². The van der Waals surface area contributed by atoms with Crippen molar-refractivity contribution >= 4 is 22.0 Å². The van der Waals surface area contributed by atoms with Crippen LogP contribution in [0.5, 0.6) is 0 Å². The summed E-state index contributed by atoms with van der Waals surface area (Å²) < 4.78 is 22.8. The van der Waals surface area contributed by atoms with E-state index < -0.39 is 9.84 Å². The van der Waals surface area contributed by atoms with Gasteiger partial charge in [0.2, 0.25) is 0 Å². The molecule has 0 radical (unpaired) electrons. The fraction of sp³-hybridized carbons (Fsp3) is 0.417. The number of benzene rings is 2. The van der Waals surface area contributed by atoms with Crippen molar-refractivity contribution in [3.8, 4) is 0 Å². The maximum absolute atomic E-state index is 11.4. The van der Waals surface area contributed by atoms with Crippen LogP contribution in [0.25, 0.3) is 12.2 Å². The quantitative estimate of drug-likeness (QED) is 0.339. The third kappa shape index (κ3) is 12.2. The molecule has 27 heavy (non-hydrogen) atoms. The molecule has 0 amide bonds. The Morgan fingerprint density at radius 3 is 1.33 bits per heavy atom. The minimum absolute atomic E-state index is 0.393. The topological polar surface area (TPSA) is 34.1 Å². The Hall–Kier alpha value is -1.87. The molecule has 3 heteroatoms. The highest BCUT2D eigenvalue weighted by Gasteiger charge is 2.08. The average Bonchev–Trinajstić information content (AvgIpc) is 2.69. The van der Waals surface area contributed by atoms with Gasteiger partial charge in [0.25, 0.3) is 0 Å². The molecule has 0 saturated carbocycles. The lowest BCUT2D eigenvalue weighted by atomic mass is 10.1. The van der Waals surface area contributed by atoms with Gasteiger partial charge in [-0.1, -0.05) is 112 Å². The summed E-state index contributed by atoms with van der Waals surface area (Å²) >= 11 is 0. The van der Waals surface area contributed by atoms with Gasteiger partial charge in [0.05, 0.1) is 11.5 Å². The maximum Gasteiger partial charge on any atom is 0.150 e. The first-order chi connectivity index (χ1) is 13.1. The lowest BCUT2D eigenvalue weighted by Gasteiger charge is -2.02. The number of hydrogen-bond acceptors (Lipinski definition) is 2. The van der Waals surface area contributed by atoms with Crippen molar-refractivity contribution < 1.29 is 8.42 Å². The summed E-state index contributed by atoms with van der Waals surface area (Å²) in [6.07, 6.45) is 10.2. The summed E-state index contributed by atoms with van der Waals surface area (Å²) in [7, 11) is -2.73. The summed E-state index contributed by atoms with van der Waals surface area (Å²) in [6, 6.07) is 20.6. The predicted octanol–water partition coefficient (Wildman–Crippen LogP) is 6.64. The zero-order chi connectivity index (χ0) is 19.8. The Balaban J connectivity index is 0.000000271. The summed E-state index contributed by atoms with van der Waals surface area (Å²) in [4.78, 5) is 0. The second kappa shape index (κ2) is 14.2. The maximum atomic E-state index is 11.4. The second-order valence-corrected chi connectivity index (χ2v) is 9.02.